The third-order valence-electron chi connectivity index (χ3n) is 3.70. The number of halogens is 2. The molecule has 2 aromatic rings. The third-order valence-corrected chi connectivity index (χ3v) is 3.70. The van der Waals surface area contributed by atoms with Crippen LogP contribution in [0.15, 0.2) is 54.6 Å². The second kappa shape index (κ2) is 8.94. The first-order valence-electron chi connectivity index (χ1n) is 8.01. The Morgan fingerprint density at radius 3 is 2.27 bits per heavy atom. The summed E-state index contributed by atoms with van der Waals surface area (Å²) in [6.45, 7) is -0.988. The van der Waals surface area contributed by atoms with E-state index in [1.54, 1.807) is 56.4 Å². The molecule has 0 radical (unpaired) electrons. The van der Waals surface area contributed by atoms with Crippen molar-refractivity contribution in [3.63, 3.8) is 0 Å². The van der Waals surface area contributed by atoms with Crippen molar-refractivity contribution in [2.75, 3.05) is 7.05 Å². The average Bonchev–Trinajstić information content (AvgIpc) is 2.62. The third kappa shape index (κ3) is 5.54. The lowest BCUT2D eigenvalue weighted by Gasteiger charge is -2.22. The molecule has 0 aliphatic heterocycles. The van der Waals surface area contributed by atoms with Crippen molar-refractivity contribution in [1.82, 2.24) is 10.2 Å². The van der Waals surface area contributed by atoms with Gasteiger partial charge in [0.2, 0.25) is 5.91 Å². The summed E-state index contributed by atoms with van der Waals surface area (Å²) in [7, 11) is 1.61. The van der Waals surface area contributed by atoms with Crippen molar-refractivity contribution in [1.29, 1.82) is 0 Å². The van der Waals surface area contributed by atoms with Crippen molar-refractivity contribution < 1.29 is 23.1 Å². The maximum absolute atomic E-state index is 12.4. The van der Waals surface area contributed by atoms with Gasteiger partial charge in [-0.05, 0) is 36.8 Å². The van der Waals surface area contributed by atoms with Gasteiger partial charge in [0.15, 0.2) is 0 Å². The number of nitrogens with one attached hydrogen (secondary N) is 1. The molecule has 26 heavy (non-hydrogen) atoms. The molecule has 1 unspecified atom stereocenters. The van der Waals surface area contributed by atoms with Gasteiger partial charge in [-0.2, -0.15) is 8.78 Å². The van der Waals surface area contributed by atoms with E-state index in [2.05, 4.69) is 10.1 Å². The van der Waals surface area contributed by atoms with Gasteiger partial charge in [0.25, 0.3) is 5.91 Å². The topological polar surface area (TPSA) is 58.6 Å². The molecule has 2 amide bonds. The van der Waals surface area contributed by atoms with Crippen LogP contribution in [-0.2, 0) is 11.3 Å². The van der Waals surface area contributed by atoms with E-state index < -0.39 is 12.7 Å². The molecule has 2 aromatic carbocycles. The van der Waals surface area contributed by atoms with E-state index in [1.165, 1.54) is 17.0 Å². The van der Waals surface area contributed by atoms with Crippen molar-refractivity contribution in [3.8, 4) is 5.75 Å². The van der Waals surface area contributed by atoms with E-state index >= 15 is 0 Å². The first kappa shape index (κ1) is 19.4. The van der Waals surface area contributed by atoms with E-state index in [4.69, 9.17) is 0 Å². The van der Waals surface area contributed by atoms with Crippen molar-refractivity contribution >= 4 is 11.8 Å². The highest BCUT2D eigenvalue weighted by Gasteiger charge is 2.20. The zero-order valence-corrected chi connectivity index (χ0v) is 14.5. The number of hydrogen-bond donors (Lipinski definition) is 1. The van der Waals surface area contributed by atoms with Gasteiger partial charge < -0.3 is 15.0 Å². The molecule has 0 aromatic heterocycles. The summed E-state index contributed by atoms with van der Waals surface area (Å²) < 4.78 is 28.6. The summed E-state index contributed by atoms with van der Waals surface area (Å²) in [5, 5.41) is 2.66. The van der Waals surface area contributed by atoms with Gasteiger partial charge in [-0.15, -0.1) is 0 Å². The molecule has 7 heteroatoms. The maximum Gasteiger partial charge on any atom is 0.387 e. The minimum Gasteiger partial charge on any atom is -0.435 e. The minimum atomic E-state index is -2.88. The lowest BCUT2D eigenvalue weighted by molar-refractivity contribution is -0.132. The summed E-state index contributed by atoms with van der Waals surface area (Å²) in [5.74, 6) is -0.531. The van der Waals surface area contributed by atoms with E-state index in [0.717, 1.165) is 5.56 Å². The molecule has 0 saturated heterocycles. The fourth-order valence-electron chi connectivity index (χ4n) is 2.39. The van der Waals surface area contributed by atoms with Crippen LogP contribution in [0.2, 0.25) is 0 Å². The van der Waals surface area contributed by atoms with E-state index in [1.807, 2.05) is 0 Å². The Morgan fingerprint density at radius 2 is 1.69 bits per heavy atom. The van der Waals surface area contributed by atoms with Crippen LogP contribution in [-0.4, -0.2) is 36.4 Å². The smallest absolute Gasteiger partial charge is 0.387 e. The van der Waals surface area contributed by atoms with E-state index in [9.17, 15) is 18.4 Å². The summed E-state index contributed by atoms with van der Waals surface area (Å²) in [6, 6.07) is 14.0. The second-order valence-corrected chi connectivity index (χ2v) is 5.78. The number of rotatable bonds is 7. The molecule has 1 N–H and O–H groups in total. The van der Waals surface area contributed by atoms with Gasteiger partial charge in [0.05, 0.1) is 0 Å². The van der Waals surface area contributed by atoms with Crippen LogP contribution >= 0.6 is 0 Å². The Kier molecular flexibility index (Phi) is 6.66. The Balaban J connectivity index is 1.90. The molecule has 2 rings (SSSR count). The quantitative estimate of drug-likeness (QED) is 0.824. The number of alkyl halides is 2. The Labute approximate surface area is 150 Å². The van der Waals surface area contributed by atoms with Gasteiger partial charge in [-0.25, -0.2) is 0 Å². The largest absolute Gasteiger partial charge is 0.435 e. The summed E-state index contributed by atoms with van der Waals surface area (Å²) in [6.07, 6.45) is 0. The number of benzene rings is 2. The van der Waals surface area contributed by atoms with Crippen LogP contribution in [0.1, 0.15) is 22.8 Å². The highest BCUT2D eigenvalue weighted by atomic mass is 19.3. The number of carbonyl (C=O) groups excluding carboxylic acids is 2. The second-order valence-electron chi connectivity index (χ2n) is 5.78. The molecule has 0 spiro atoms. The van der Waals surface area contributed by atoms with Gasteiger partial charge in [-0.3, -0.25) is 9.59 Å². The number of nitrogens with zero attached hydrogens (tertiary/aromatic N) is 1. The summed E-state index contributed by atoms with van der Waals surface area (Å²) in [4.78, 5) is 26.0. The van der Waals surface area contributed by atoms with Crippen LogP contribution in [0, 0.1) is 0 Å². The number of likely N-dealkylation sites (N-methyl/N-ethyl adjacent to an activating group) is 1. The lowest BCUT2D eigenvalue weighted by atomic mass is 10.1. The van der Waals surface area contributed by atoms with Gasteiger partial charge in [0, 0.05) is 19.2 Å². The molecule has 1 atom stereocenters. The average molecular weight is 362 g/mol. The minimum absolute atomic E-state index is 0.0567. The van der Waals surface area contributed by atoms with Crippen molar-refractivity contribution in [2.45, 2.75) is 26.1 Å². The first-order chi connectivity index (χ1) is 12.4. The molecular formula is C19H20F2N2O3. The molecule has 0 bridgehead atoms. The zero-order valence-electron chi connectivity index (χ0n) is 14.5. The highest BCUT2D eigenvalue weighted by molar-refractivity contribution is 5.97. The summed E-state index contributed by atoms with van der Waals surface area (Å²) >= 11 is 0. The fourth-order valence-corrected chi connectivity index (χ4v) is 2.39. The number of carbonyl (C=O) groups is 2. The monoisotopic (exact) mass is 362 g/mol. The van der Waals surface area contributed by atoms with E-state index in [0.29, 0.717) is 5.56 Å². The molecule has 5 nitrogen and oxygen atoms in total. The lowest BCUT2D eigenvalue weighted by Crippen LogP contribution is -2.45. The molecule has 0 saturated carbocycles. The highest BCUT2D eigenvalue weighted by Crippen LogP contribution is 2.16. The Morgan fingerprint density at radius 1 is 1.08 bits per heavy atom. The predicted octanol–water partition coefficient (Wildman–Crippen LogP) is 3.06. The molecule has 0 aliphatic carbocycles. The van der Waals surface area contributed by atoms with Crippen molar-refractivity contribution in [3.05, 3.63) is 65.7 Å². The SMILES string of the molecule is CC(NC(=O)c1ccccc1)C(=O)N(C)Cc1ccc(OC(F)F)cc1. The molecular weight excluding hydrogens is 342 g/mol. The Hall–Kier alpha value is -2.96. The van der Waals surface area contributed by atoms with Gasteiger partial charge in [-0.1, -0.05) is 30.3 Å². The van der Waals surface area contributed by atoms with Crippen LogP contribution in [0.5, 0.6) is 5.75 Å². The predicted molar refractivity (Wildman–Crippen MR) is 92.9 cm³/mol. The van der Waals surface area contributed by atoms with E-state index in [-0.39, 0.29) is 24.1 Å². The van der Waals surface area contributed by atoms with Crippen LogP contribution in [0.3, 0.4) is 0 Å². The summed E-state index contributed by atoms with van der Waals surface area (Å²) in [5.41, 5.74) is 1.23. The normalized spacial score (nSPS) is 11.7. The molecule has 138 valence electrons. The zero-order chi connectivity index (χ0) is 19.1. The standard InChI is InChI=1S/C19H20F2N2O3/c1-13(22-17(24)15-6-4-3-5-7-15)18(25)23(2)12-14-8-10-16(11-9-14)26-19(20)21/h3-11,13,19H,12H2,1-2H3,(H,22,24). The van der Waals surface area contributed by atoms with Crippen LogP contribution in [0.25, 0.3) is 0 Å². The molecule has 0 aliphatic rings. The van der Waals surface area contributed by atoms with Gasteiger partial charge >= 0.3 is 6.61 Å². The molecule has 0 heterocycles. The van der Waals surface area contributed by atoms with Crippen molar-refractivity contribution in [2.24, 2.45) is 0 Å². The maximum atomic E-state index is 12.4. The molecule has 0 fully saturated rings. The van der Waals surface area contributed by atoms with Crippen LogP contribution < -0.4 is 10.1 Å². The number of ether oxygens (including phenoxy) is 1. The number of amides is 2. The van der Waals surface area contributed by atoms with Gasteiger partial charge in [0.1, 0.15) is 11.8 Å². The fraction of sp³-hybridized carbons (Fsp3) is 0.263. The number of hydrogen-bond acceptors (Lipinski definition) is 3. The Bertz CT molecular complexity index is 736. The van der Waals surface area contributed by atoms with Crippen LogP contribution in [0.4, 0.5) is 8.78 Å². The first-order valence-corrected chi connectivity index (χ1v) is 8.01.